The number of benzene rings is 2. The van der Waals surface area contributed by atoms with Crippen LogP contribution in [0.5, 0.6) is 5.75 Å². The van der Waals surface area contributed by atoms with Gasteiger partial charge in [0.1, 0.15) is 5.75 Å². The van der Waals surface area contributed by atoms with E-state index in [1.54, 1.807) is 0 Å². The molecule has 2 atom stereocenters. The number of halogens is 1. The number of nitriles is 1. The molecule has 3 nitrogen and oxygen atoms in total. The van der Waals surface area contributed by atoms with E-state index in [4.69, 9.17) is 10.00 Å². The topological polar surface area (TPSA) is 36.3 Å². The highest BCUT2D eigenvalue weighted by atomic mass is 79.9. The second kappa shape index (κ2) is 6.58. The first-order valence-electron chi connectivity index (χ1n) is 8.36. The van der Waals surface area contributed by atoms with Gasteiger partial charge in [-0.25, -0.2) is 0 Å². The second-order valence-corrected chi connectivity index (χ2v) is 7.59. The third kappa shape index (κ3) is 3.07. The van der Waals surface area contributed by atoms with Crippen LogP contribution in [0.4, 0.5) is 0 Å². The molecule has 0 bridgehead atoms. The van der Waals surface area contributed by atoms with Gasteiger partial charge < -0.3 is 9.64 Å². The van der Waals surface area contributed by atoms with Crippen molar-refractivity contribution in [2.24, 2.45) is 5.92 Å². The Labute approximate surface area is 151 Å². The lowest BCUT2D eigenvalue weighted by Gasteiger charge is -2.27. The van der Waals surface area contributed by atoms with Crippen molar-refractivity contribution >= 4 is 15.9 Å². The highest BCUT2D eigenvalue weighted by Gasteiger charge is 2.38. The first kappa shape index (κ1) is 15.7. The molecule has 0 spiro atoms. The van der Waals surface area contributed by atoms with E-state index >= 15 is 0 Å². The minimum absolute atomic E-state index is 0.493. The molecule has 1 saturated heterocycles. The average molecular weight is 383 g/mol. The van der Waals surface area contributed by atoms with Gasteiger partial charge in [-0.2, -0.15) is 5.26 Å². The fourth-order valence-corrected chi connectivity index (χ4v) is 4.10. The van der Waals surface area contributed by atoms with Crippen LogP contribution < -0.4 is 4.74 Å². The molecular formula is C20H19BrN2O. The van der Waals surface area contributed by atoms with Gasteiger partial charge in [0.05, 0.1) is 18.2 Å². The summed E-state index contributed by atoms with van der Waals surface area (Å²) in [4.78, 5) is 2.54. The van der Waals surface area contributed by atoms with Crippen LogP contribution in [-0.2, 0) is 6.42 Å². The van der Waals surface area contributed by atoms with Gasteiger partial charge in [-0.1, -0.05) is 28.1 Å². The average Bonchev–Trinajstić information content (AvgIpc) is 3.04. The summed E-state index contributed by atoms with van der Waals surface area (Å²) in [6.45, 7) is 4.00. The van der Waals surface area contributed by atoms with Crippen LogP contribution in [0.25, 0.3) is 0 Å². The van der Waals surface area contributed by atoms with E-state index in [0.717, 1.165) is 48.4 Å². The summed E-state index contributed by atoms with van der Waals surface area (Å²) in [7, 11) is 0. The second-order valence-electron chi connectivity index (χ2n) is 6.68. The Kier molecular flexibility index (Phi) is 4.30. The van der Waals surface area contributed by atoms with Crippen molar-refractivity contribution in [2.45, 2.75) is 12.3 Å². The molecule has 0 amide bonds. The van der Waals surface area contributed by atoms with Crippen LogP contribution in [0.3, 0.4) is 0 Å². The molecular weight excluding hydrogens is 364 g/mol. The number of hydrogen-bond acceptors (Lipinski definition) is 3. The fraction of sp³-hybridized carbons (Fsp3) is 0.350. The monoisotopic (exact) mass is 382 g/mol. The van der Waals surface area contributed by atoms with Gasteiger partial charge in [-0.15, -0.1) is 0 Å². The number of nitrogens with zero attached hydrogens (tertiary/aromatic N) is 2. The maximum Gasteiger partial charge on any atom is 0.122 e. The largest absolute Gasteiger partial charge is 0.493 e. The van der Waals surface area contributed by atoms with Crippen molar-refractivity contribution in [1.82, 2.24) is 4.90 Å². The fourth-order valence-electron chi connectivity index (χ4n) is 3.84. The van der Waals surface area contributed by atoms with E-state index in [9.17, 15) is 0 Å². The molecule has 0 aliphatic carbocycles. The Morgan fingerprint density at radius 2 is 2.00 bits per heavy atom. The van der Waals surface area contributed by atoms with E-state index in [1.165, 1.54) is 11.1 Å². The van der Waals surface area contributed by atoms with Crippen molar-refractivity contribution < 1.29 is 4.74 Å². The first-order valence-corrected chi connectivity index (χ1v) is 9.16. The zero-order valence-electron chi connectivity index (χ0n) is 13.4. The predicted molar refractivity (Wildman–Crippen MR) is 97.2 cm³/mol. The molecule has 1 fully saturated rings. The Balaban J connectivity index is 1.45. The van der Waals surface area contributed by atoms with E-state index < -0.39 is 0 Å². The lowest BCUT2D eigenvalue weighted by molar-refractivity contribution is 0.213. The Morgan fingerprint density at radius 3 is 2.79 bits per heavy atom. The number of ether oxygens (including phenoxy) is 1. The molecule has 4 heteroatoms. The van der Waals surface area contributed by atoms with Crippen LogP contribution in [0.2, 0.25) is 0 Å². The summed E-state index contributed by atoms with van der Waals surface area (Å²) in [6, 6.07) is 16.6. The lowest BCUT2D eigenvalue weighted by atomic mass is 9.86. The minimum atomic E-state index is 0.493. The van der Waals surface area contributed by atoms with Crippen molar-refractivity contribution in [3.8, 4) is 11.8 Å². The summed E-state index contributed by atoms with van der Waals surface area (Å²) in [5.74, 6) is 1.99. The summed E-state index contributed by atoms with van der Waals surface area (Å²) in [6.07, 6.45) is 1.07. The molecule has 122 valence electrons. The van der Waals surface area contributed by atoms with Crippen molar-refractivity contribution in [3.05, 3.63) is 63.6 Å². The molecule has 0 N–H and O–H groups in total. The summed E-state index contributed by atoms with van der Waals surface area (Å²) in [5, 5.41) is 9.16. The molecule has 2 aromatic carbocycles. The maximum absolute atomic E-state index is 9.16. The third-order valence-corrected chi connectivity index (χ3v) is 5.67. The third-order valence-electron chi connectivity index (χ3n) is 5.14. The zero-order chi connectivity index (χ0) is 16.5. The van der Waals surface area contributed by atoms with Crippen LogP contribution in [0, 0.1) is 17.2 Å². The smallest absolute Gasteiger partial charge is 0.122 e. The highest BCUT2D eigenvalue weighted by molar-refractivity contribution is 9.10. The van der Waals surface area contributed by atoms with Gasteiger partial charge in [-0.05, 0) is 42.3 Å². The van der Waals surface area contributed by atoms with Crippen molar-refractivity contribution in [2.75, 3.05) is 26.2 Å². The summed E-state index contributed by atoms with van der Waals surface area (Å²) >= 11 is 3.48. The van der Waals surface area contributed by atoms with Gasteiger partial charge in [0.2, 0.25) is 0 Å². The quantitative estimate of drug-likeness (QED) is 0.805. The highest BCUT2D eigenvalue weighted by Crippen LogP contribution is 2.41. The Morgan fingerprint density at radius 1 is 1.17 bits per heavy atom. The molecule has 4 rings (SSSR count). The Bertz CT molecular complexity index is 781. The van der Waals surface area contributed by atoms with Crippen LogP contribution in [0.1, 0.15) is 22.6 Å². The molecule has 0 aromatic heterocycles. The van der Waals surface area contributed by atoms with Crippen molar-refractivity contribution in [3.63, 3.8) is 0 Å². The SMILES string of the molecule is N#Cc1ccc2c(c1)C1CN(CCc3ccc(Br)cc3)CC1CO2. The molecule has 24 heavy (non-hydrogen) atoms. The van der Waals surface area contributed by atoms with Crippen LogP contribution >= 0.6 is 15.9 Å². The van der Waals surface area contributed by atoms with Crippen LogP contribution in [0.15, 0.2) is 46.9 Å². The number of likely N-dealkylation sites (tertiary alicyclic amines) is 1. The van der Waals surface area contributed by atoms with Crippen LogP contribution in [-0.4, -0.2) is 31.1 Å². The Hall–Kier alpha value is -1.83. The predicted octanol–water partition coefficient (Wildman–Crippen LogP) is 3.97. The van der Waals surface area contributed by atoms with E-state index in [0.29, 0.717) is 11.8 Å². The van der Waals surface area contributed by atoms with Gasteiger partial charge >= 0.3 is 0 Å². The molecule has 2 aromatic rings. The summed E-state index contributed by atoms with van der Waals surface area (Å²) < 4.78 is 7.05. The molecule has 0 radical (unpaired) electrons. The van der Waals surface area contributed by atoms with Gasteiger partial charge in [0.25, 0.3) is 0 Å². The molecule has 2 aliphatic heterocycles. The molecule has 2 aliphatic rings. The first-order chi connectivity index (χ1) is 11.7. The van der Waals surface area contributed by atoms with E-state index in [1.807, 2.05) is 18.2 Å². The maximum atomic E-state index is 9.16. The number of fused-ring (bicyclic) bond motifs is 3. The van der Waals surface area contributed by atoms with Crippen molar-refractivity contribution in [1.29, 1.82) is 5.26 Å². The normalized spacial score (nSPS) is 22.3. The van der Waals surface area contributed by atoms with Gasteiger partial charge in [-0.3, -0.25) is 0 Å². The number of hydrogen-bond donors (Lipinski definition) is 0. The lowest BCUT2D eigenvalue weighted by Crippen LogP contribution is -2.25. The summed E-state index contributed by atoms with van der Waals surface area (Å²) in [5.41, 5.74) is 3.32. The molecule has 0 saturated carbocycles. The minimum Gasteiger partial charge on any atom is -0.493 e. The zero-order valence-corrected chi connectivity index (χ0v) is 15.0. The van der Waals surface area contributed by atoms with E-state index in [-0.39, 0.29) is 0 Å². The molecule has 2 unspecified atom stereocenters. The number of rotatable bonds is 3. The standard InChI is InChI=1S/C20H19BrN2O/c21-17-4-1-14(2-5-17)7-8-23-11-16-13-24-20-6-3-15(10-22)9-18(20)19(16)12-23/h1-6,9,16,19H,7-8,11-13H2. The van der Waals surface area contributed by atoms with Gasteiger partial charge in [0, 0.05) is 41.5 Å². The van der Waals surface area contributed by atoms with E-state index in [2.05, 4.69) is 51.2 Å². The van der Waals surface area contributed by atoms with Gasteiger partial charge in [0.15, 0.2) is 0 Å². The molecule has 2 heterocycles.